The van der Waals surface area contributed by atoms with Crippen LogP contribution in [0, 0.1) is 0 Å². The highest BCUT2D eigenvalue weighted by Gasteiger charge is 2.20. The third-order valence-electron chi connectivity index (χ3n) is 6.23. The predicted molar refractivity (Wildman–Crippen MR) is 158 cm³/mol. The average Bonchev–Trinajstić information content (AvgIpc) is 3.34. The van der Waals surface area contributed by atoms with Crippen molar-refractivity contribution in [2.45, 2.75) is 25.8 Å². The molecule has 5 aromatic rings. The SMILES string of the molecule is Clc1ccc(COC(C[n+]2ccn(CCOc3ccc4ccccc4c3)c2)c2ccc(Cl)cc2Cl)c(Cl)c1.O.[Br-]. The second-order valence-corrected chi connectivity index (χ2v) is 10.6. The summed E-state index contributed by atoms with van der Waals surface area (Å²) in [5.74, 6) is 0.857. The minimum Gasteiger partial charge on any atom is -1.00 e. The van der Waals surface area contributed by atoms with Gasteiger partial charge in [0, 0.05) is 25.7 Å². The molecule has 1 heterocycles. The Morgan fingerprint density at radius 1 is 0.800 bits per heavy atom. The number of aromatic nitrogens is 2. The van der Waals surface area contributed by atoms with Crippen LogP contribution >= 0.6 is 46.4 Å². The van der Waals surface area contributed by atoms with E-state index in [4.69, 9.17) is 55.9 Å². The van der Waals surface area contributed by atoms with Crippen molar-refractivity contribution in [2.24, 2.45) is 0 Å². The highest BCUT2D eigenvalue weighted by molar-refractivity contribution is 6.35. The molecular formula is C30H27BrCl4N2O3. The Bertz CT molecular complexity index is 1560. The number of halogens is 5. The third kappa shape index (κ3) is 8.37. The monoisotopic (exact) mass is 682 g/mol. The molecule has 40 heavy (non-hydrogen) atoms. The molecule has 0 aliphatic rings. The van der Waals surface area contributed by atoms with Gasteiger partial charge in [-0.2, -0.15) is 0 Å². The molecule has 0 radical (unpaired) electrons. The van der Waals surface area contributed by atoms with Gasteiger partial charge in [-0.05, 0) is 52.7 Å². The summed E-state index contributed by atoms with van der Waals surface area (Å²) in [4.78, 5) is 0. The fourth-order valence-electron chi connectivity index (χ4n) is 4.23. The van der Waals surface area contributed by atoms with Crippen LogP contribution in [-0.4, -0.2) is 16.7 Å². The van der Waals surface area contributed by atoms with Gasteiger partial charge in [0.1, 0.15) is 43.9 Å². The van der Waals surface area contributed by atoms with Crippen molar-refractivity contribution in [1.29, 1.82) is 0 Å². The highest BCUT2D eigenvalue weighted by Crippen LogP contribution is 2.31. The van der Waals surface area contributed by atoms with Crippen molar-refractivity contribution in [3.63, 3.8) is 0 Å². The zero-order chi connectivity index (χ0) is 26.5. The van der Waals surface area contributed by atoms with Crippen LogP contribution in [0.4, 0.5) is 0 Å². The molecular weight excluding hydrogens is 658 g/mol. The van der Waals surface area contributed by atoms with E-state index in [0.717, 1.165) is 22.3 Å². The Hall–Kier alpha value is -2.29. The molecule has 0 aliphatic carbocycles. The lowest BCUT2D eigenvalue weighted by molar-refractivity contribution is -0.704. The Balaban J connectivity index is 0.00000220. The number of nitrogens with zero attached hydrogens (tertiary/aromatic N) is 2. The smallest absolute Gasteiger partial charge is 0.243 e. The predicted octanol–water partition coefficient (Wildman–Crippen LogP) is 4.76. The van der Waals surface area contributed by atoms with Gasteiger partial charge in [-0.25, -0.2) is 9.13 Å². The first kappa shape index (κ1) is 32.2. The van der Waals surface area contributed by atoms with Crippen LogP contribution in [0.1, 0.15) is 17.2 Å². The van der Waals surface area contributed by atoms with E-state index in [1.54, 1.807) is 18.2 Å². The molecule has 0 saturated carbocycles. The Morgan fingerprint density at radius 3 is 2.27 bits per heavy atom. The minimum atomic E-state index is -0.332. The van der Waals surface area contributed by atoms with E-state index in [2.05, 4.69) is 33.4 Å². The first-order chi connectivity index (χ1) is 18.4. The summed E-state index contributed by atoms with van der Waals surface area (Å²) in [6.45, 7) is 2.10. The molecule has 0 aliphatic heterocycles. The van der Waals surface area contributed by atoms with Crippen molar-refractivity contribution in [2.75, 3.05) is 6.61 Å². The summed E-state index contributed by atoms with van der Waals surface area (Å²) in [6.07, 6.45) is 5.71. The topological polar surface area (TPSA) is 58.8 Å². The molecule has 0 fully saturated rings. The summed E-state index contributed by atoms with van der Waals surface area (Å²) in [6, 6.07) is 25.2. The fourth-order valence-corrected chi connectivity index (χ4v) is 5.22. The zero-order valence-electron chi connectivity index (χ0n) is 21.2. The zero-order valence-corrected chi connectivity index (χ0v) is 25.9. The van der Waals surface area contributed by atoms with E-state index in [0.29, 0.717) is 46.4 Å². The van der Waals surface area contributed by atoms with Gasteiger partial charge in [-0.3, -0.25) is 0 Å². The average molecular weight is 685 g/mol. The lowest BCUT2D eigenvalue weighted by Crippen LogP contribution is -3.00. The summed E-state index contributed by atoms with van der Waals surface area (Å²) in [5.41, 5.74) is 1.70. The summed E-state index contributed by atoms with van der Waals surface area (Å²) in [5, 5.41) is 4.62. The maximum Gasteiger partial charge on any atom is 0.243 e. The Kier molecular flexibility index (Phi) is 12.2. The van der Waals surface area contributed by atoms with Gasteiger partial charge < -0.3 is 31.9 Å². The maximum absolute atomic E-state index is 6.55. The van der Waals surface area contributed by atoms with Gasteiger partial charge in [0.2, 0.25) is 6.33 Å². The van der Waals surface area contributed by atoms with E-state index >= 15 is 0 Å². The van der Waals surface area contributed by atoms with Gasteiger partial charge >= 0.3 is 0 Å². The highest BCUT2D eigenvalue weighted by atomic mass is 79.9. The molecule has 1 atom stereocenters. The van der Waals surface area contributed by atoms with Crippen molar-refractivity contribution in [3.05, 3.63) is 129 Å². The van der Waals surface area contributed by atoms with Crippen molar-refractivity contribution in [3.8, 4) is 5.75 Å². The molecule has 4 aromatic carbocycles. The largest absolute Gasteiger partial charge is 1.00 e. The molecule has 5 rings (SSSR count). The number of benzene rings is 4. The van der Waals surface area contributed by atoms with Crippen LogP contribution in [0.15, 0.2) is 97.6 Å². The van der Waals surface area contributed by atoms with Crippen LogP contribution in [0.5, 0.6) is 5.75 Å². The number of hydrogen-bond acceptors (Lipinski definition) is 2. The van der Waals surface area contributed by atoms with Crippen LogP contribution < -0.4 is 26.3 Å². The van der Waals surface area contributed by atoms with Gasteiger partial charge in [0.05, 0.1) is 6.61 Å². The molecule has 2 N–H and O–H groups in total. The molecule has 1 unspecified atom stereocenters. The normalized spacial score (nSPS) is 11.5. The standard InChI is InChI=1S/C30H25Cl4N2O2.BrH.H2O/c31-24-7-5-23(28(33)16-24)19-38-30(27-10-8-25(32)17-29(27)34)18-36-12-11-35(20-36)13-14-37-26-9-6-21-3-1-2-4-22(21)15-26;;/h1-12,15-17,20,30H,13-14,18-19H2;1H;1H2/q+1;;/p-1. The number of hydrogen-bond donors (Lipinski definition) is 0. The van der Waals surface area contributed by atoms with E-state index < -0.39 is 0 Å². The quantitative estimate of drug-likeness (QED) is 0.199. The van der Waals surface area contributed by atoms with Gasteiger partial charge in [0.25, 0.3) is 0 Å². The lowest BCUT2D eigenvalue weighted by Gasteiger charge is -2.19. The molecule has 0 saturated heterocycles. The molecule has 5 nitrogen and oxygen atoms in total. The molecule has 0 spiro atoms. The number of imidazole rings is 1. The van der Waals surface area contributed by atoms with E-state index in [-0.39, 0.29) is 28.6 Å². The van der Waals surface area contributed by atoms with Crippen molar-refractivity contribution in [1.82, 2.24) is 4.57 Å². The first-order valence-electron chi connectivity index (χ1n) is 12.1. The van der Waals surface area contributed by atoms with Gasteiger partial charge in [0.15, 0.2) is 0 Å². The minimum absolute atomic E-state index is 0. The summed E-state index contributed by atoms with van der Waals surface area (Å²) < 4.78 is 16.5. The third-order valence-corrected chi connectivity index (χ3v) is 7.38. The summed E-state index contributed by atoms with van der Waals surface area (Å²) >= 11 is 25.1. The lowest BCUT2D eigenvalue weighted by atomic mass is 10.1. The van der Waals surface area contributed by atoms with E-state index in [9.17, 15) is 0 Å². The van der Waals surface area contributed by atoms with Crippen LogP contribution in [-0.2, 0) is 24.4 Å². The fraction of sp³-hybridized carbons (Fsp3) is 0.167. The van der Waals surface area contributed by atoms with E-state index in [1.807, 2.05) is 55.1 Å². The van der Waals surface area contributed by atoms with E-state index in [1.165, 1.54) is 5.39 Å². The molecule has 0 bridgehead atoms. The molecule has 1 aromatic heterocycles. The van der Waals surface area contributed by atoms with Crippen LogP contribution in [0.2, 0.25) is 20.1 Å². The Labute approximate surface area is 263 Å². The second-order valence-electron chi connectivity index (χ2n) is 8.91. The van der Waals surface area contributed by atoms with Gasteiger partial charge in [-0.15, -0.1) is 0 Å². The summed E-state index contributed by atoms with van der Waals surface area (Å²) in [7, 11) is 0. The molecule has 210 valence electrons. The van der Waals surface area contributed by atoms with Crippen molar-refractivity contribution >= 4 is 57.2 Å². The molecule has 0 amide bonds. The maximum atomic E-state index is 6.55. The van der Waals surface area contributed by atoms with Crippen LogP contribution in [0.3, 0.4) is 0 Å². The Morgan fingerprint density at radius 2 is 1.52 bits per heavy atom. The van der Waals surface area contributed by atoms with Crippen molar-refractivity contribution < 1.29 is 36.5 Å². The first-order valence-corrected chi connectivity index (χ1v) is 13.6. The number of ether oxygens (including phenoxy) is 2. The second kappa shape index (κ2) is 15.1. The number of rotatable bonds is 10. The van der Waals surface area contributed by atoms with Gasteiger partial charge in [-0.1, -0.05) is 88.9 Å². The number of fused-ring (bicyclic) bond motifs is 1. The van der Waals surface area contributed by atoms with Crippen LogP contribution in [0.25, 0.3) is 10.8 Å². The molecule has 10 heteroatoms.